The summed E-state index contributed by atoms with van der Waals surface area (Å²) in [4.78, 5) is 31.6. The van der Waals surface area contributed by atoms with Gasteiger partial charge in [-0.2, -0.15) is 18.4 Å². The lowest BCUT2D eigenvalue weighted by atomic mass is 10.1. The molecule has 1 saturated heterocycles. The number of hydrogen-bond acceptors (Lipinski definition) is 8. The van der Waals surface area contributed by atoms with E-state index in [2.05, 4.69) is 15.0 Å². The standard InChI is InChI=1S/C30H28F4N4O7/c1-37-27(25-21(31)10-19(41-2)11-22(25)32)26(36-28(39)17-4-6-18(7-5-17)45-30(33)34)29(40)38(37)23-12-20(42-3)13-24(35-23)44-15-16-8-9-43-14-16/h4-7,10-13,16,30H,8-9,14-15H2,1-3H3,(H,36,39). The highest BCUT2D eigenvalue weighted by atomic mass is 19.3. The molecule has 4 aromatic rings. The molecule has 238 valence electrons. The van der Waals surface area contributed by atoms with Gasteiger partial charge in [-0.3, -0.25) is 14.3 Å². The Morgan fingerprint density at radius 1 is 1.04 bits per heavy atom. The molecule has 0 spiro atoms. The molecule has 45 heavy (non-hydrogen) atoms. The lowest BCUT2D eigenvalue weighted by Gasteiger charge is -2.15. The van der Waals surface area contributed by atoms with Crippen LogP contribution in [0.3, 0.4) is 0 Å². The topological polar surface area (TPSA) is 115 Å². The van der Waals surface area contributed by atoms with Crippen molar-refractivity contribution >= 4 is 11.6 Å². The fraction of sp³-hybridized carbons (Fsp3) is 0.300. The molecule has 0 aliphatic carbocycles. The number of pyridine rings is 1. The monoisotopic (exact) mass is 632 g/mol. The van der Waals surface area contributed by atoms with Crippen LogP contribution in [0.15, 0.2) is 53.3 Å². The van der Waals surface area contributed by atoms with Crippen LogP contribution in [0.5, 0.6) is 23.1 Å². The number of carbonyl (C=O) groups excluding carboxylic acids is 1. The van der Waals surface area contributed by atoms with Crippen molar-refractivity contribution in [1.29, 1.82) is 0 Å². The Hall–Kier alpha value is -5.05. The lowest BCUT2D eigenvalue weighted by Crippen LogP contribution is -2.24. The number of nitrogens with zero attached hydrogens (tertiary/aromatic N) is 3. The van der Waals surface area contributed by atoms with E-state index >= 15 is 8.78 Å². The maximum absolute atomic E-state index is 15.4. The zero-order chi connectivity index (χ0) is 32.2. The second kappa shape index (κ2) is 13.3. The summed E-state index contributed by atoms with van der Waals surface area (Å²) >= 11 is 0. The smallest absolute Gasteiger partial charge is 0.387 e. The zero-order valence-corrected chi connectivity index (χ0v) is 24.3. The van der Waals surface area contributed by atoms with Gasteiger partial charge in [0.2, 0.25) is 5.88 Å². The molecule has 15 heteroatoms. The summed E-state index contributed by atoms with van der Waals surface area (Å²) in [6.45, 7) is -1.64. The first-order valence-corrected chi connectivity index (χ1v) is 13.6. The van der Waals surface area contributed by atoms with E-state index in [1.54, 1.807) is 0 Å². The lowest BCUT2D eigenvalue weighted by molar-refractivity contribution is -0.0498. The number of ether oxygens (including phenoxy) is 5. The molecule has 1 aliphatic heterocycles. The summed E-state index contributed by atoms with van der Waals surface area (Å²) in [6.07, 6.45) is 0.807. The third-order valence-corrected chi connectivity index (χ3v) is 7.04. The second-order valence-electron chi connectivity index (χ2n) is 9.93. The van der Waals surface area contributed by atoms with Gasteiger partial charge in [0, 0.05) is 49.4 Å². The summed E-state index contributed by atoms with van der Waals surface area (Å²) in [5.41, 5.74) is -2.42. The quantitative estimate of drug-likeness (QED) is 0.235. The van der Waals surface area contributed by atoms with Crippen LogP contribution in [0.1, 0.15) is 16.8 Å². The molecular formula is C30H28F4N4O7. The number of halogens is 4. The number of alkyl halides is 2. The van der Waals surface area contributed by atoms with Gasteiger partial charge < -0.3 is 29.0 Å². The zero-order valence-electron chi connectivity index (χ0n) is 24.3. The minimum atomic E-state index is -3.07. The predicted octanol–water partition coefficient (Wildman–Crippen LogP) is 4.80. The van der Waals surface area contributed by atoms with Gasteiger partial charge in [-0.1, -0.05) is 0 Å². The summed E-state index contributed by atoms with van der Waals surface area (Å²) in [7, 11) is 3.99. The first-order valence-electron chi connectivity index (χ1n) is 13.6. The Morgan fingerprint density at radius 3 is 2.31 bits per heavy atom. The molecule has 0 bridgehead atoms. The third-order valence-electron chi connectivity index (χ3n) is 7.04. The Labute approximate surface area is 253 Å². The van der Waals surface area contributed by atoms with Crippen molar-refractivity contribution in [3.8, 4) is 40.2 Å². The van der Waals surface area contributed by atoms with Gasteiger partial charge in [-0.05, 0) is 30.7 Å². The van der Waals surface area contributed by atoms with Gasteiger partial charge in [0.15, 0.2) is 5.82 Å². The van der Waals surface area contributed by atoms with E-state index in [0.717, 1.165) is 40.0 Å². The van der Waals surface area contributed by atoms with Gasteiger partial charge in [-0.15, -0.1) is 0 Å². The average molecular weight is 633 g/mol. The van der Waals surface area contributed by atoms with Crippen LogP contribution in [0.4, 0.5) is 23.2 Å². The van der Waals surface area contributed by atoms with E-state index in [1.165, 1.54) is 45.5 Å². The normalized spacial score (nSPS) is 14.4. The molecule has 11 nitrogen and oxygen atoms in total. The SMILES string of the molecule is COc1cc(OCC2CCOC2)nc(-n2c(=O)c(NC(=O)c3ccc(OC(F)F)cc3)c(-c3c(F)cc(OC)cc3F)n2C)c1. The number of amides is 1. The number of methoxy groups -OCH3 is 2. The molecule has 1 unspecified atom stereocenters. The van der Waals surface area contributed by atoms with Crippen LogP contribution < -0.4 is 29.8 Å². The van der Waals surface area contributed by atoms with E-state index in [9.17, 15) is 18.4 Å². The molecule has 5 rings (SSSR count). The van der Waals surface area contributed by atoms with Crippen molar-refractivity contribution in [2.45, 2.75) is 13.0 Å². The van der Waals surface area contributed by atoms with E-state index in [0.29, 0.717) is 13.2 Å². The number of benzene rings is 2. The Kier molecular flexibility index (Phi) is 9.27. The van der Waals surface area contributed by atoms with Crippen molar-refractivity contribution in [3.05, 3.63) is 76.1 Å². The second-order valence-corrected chi connectivity index (χ2v) is 9.93. The minimum Gasteiger partial charge on any atom is -0.497 e. The fourth-order valence-electron chi connectivity index (χ4n) is 4.82. The van der Waals surface area contributed by atoms with Gasteiger partial charge in [0.25, 0.3) is 11.5 Å². The number of carbonyl (C=O) groups is 1. The molecule has 1 fully saturated rings. The van der Waals surface area contributed by atoms with Crippen molar-refractivity contribution in [2.75, 3.05) is 39.4 Å². The first-order chi connectivity index (χ1) is 21.6. The van der Waals surface area contributed by atoms with Crippen LogP contribution in [0.25, 0.3) is 17.1 Å². The van der Waals surface area contributed by atoms with Crippen molar-refractivity contribution in [3.63, 3.8) is 0 Å². The van der Waals surface area contributed by atoms with Crippen molar-refractivity contribution < 1.29 is 46.0 Å². The van der Waals surface area contributed by atoms with Crippen LogP contribution >= 0.6 is 0 Å². The van der Waals surface area contributed by atoms with Gasteiger partial charge in [0.05, 0.1) is 33.0 Å². The average Bonchev–Trinajstić information content (AvgIpc) is 3.62. The predicted molar refractivity (Wildman–Crippen MR) is 153 cm³/mol. The number of nitrogens with one attached hydrogen (secondary N) is 1. The van der Waals surface area contributed by atoms with E-state index in [1.807, 2.05) is 0 Å². The maximum Gasteiger partial charge on any atom is 0.387 e. The number of aromatic nitrogens is 3. The van der Waals surface area contributed by atoms with Crippen LogP contribution in [0, 0.1) is 17.6 Å². The van der Waals surface area contributed by atoms with Crippen LogP contribution in [-0.2, 0) is 11.8 Å². The molecule has 2 aromatic heterocycles. The number of anilines is 1. The highest BCUT2D eigenvalue weighted by Crippen LogP contribution is 2.35. The summed E-state index contributed by atoms with van der Waals surface area (Å²) in [5, 5.41) is 2.42. The molecule has 3 heterocycles. The molecule has 1 aliphatic rings. The summed E-state index contributed by atoms with van der Waals surface area (Å²) in [5.74, 6) is -2.85. The molecule has 0 saturated carbocycles. The Morgan fingerprint density at radius 2 is 1.71 bits per heavy atom. The van der Waals surface area contributed by atoms with Gasteiger partial charge >= 0.3 is 6.61 Å². The molecule has 1 atom stereocenters. The van der Waals surface area contributed by atoms with Gasteiger partial charge in [0.1, 0.15) is 40.3 Å². The molecule has 0 radical (unpaired) electrons. The Bertz CT molecular complexity index is 1730. The van der Waals surface area contributed by atoms with E-state index in [4.69, 9.17) is 18.9 Å². The van der Waals surface area contributed by atoms with E-state index < -0.39 is 41.0 Å². The Balaban J connectivity index is 1.61. The first kappa shape index (κ1) is 31.4. The van der Waals surface area contributed by atoms with Crippen LogP contribution in [-0.4, -0.2) is 60.9 Å². The fourth-order valence-corrected chi connectivity index (χ4v) is 4.82. The van der Waals surface area contributed by atoms with Crippen LogP contribution in [0.2, 0.25) is 0 Å². The summed E-state index contributed by atoms with van der Waals surface area (Å²) < 4.78 is 84.0. The largest absolute Gasteiger partial charge is 0.497 e. The van der Waals surface area contributed by atoms with Crippen molar-refractivity contribution in [2.24, 2.45) is 13.0 Å². The molecule has 2 aromatic carbocycles. The summed E-state index contributed by atoms with van der Waals surface area (Å²) in [6, 6.07) is 9.41. The number of rotatable bonds is 11. The maximum atomic E-state index is 15.4. The molecule has 1 N–H and O–H groups in total. The molecule has 1 amide bonds. The number of hydrogen-bond donors (Lipinski definition) is 1. The highest BCUT2D eigenvalue weighted by molar-refractivity contribution is 6.06. The highest BCUT2D eigenvalue weighted by Gasteiger charge is 2.29. The van der Waals surface area contributed by atoms with E-state index in [-0.39, 0.29) is 52.7 Å². The van der Waals surface area contributed by atoms with Crippen molar-refractivity contribution in [1.82, 2.24) is 14.3 Å². The van der Waals surface area contributed by atoms with Gasteiger partial charge in [-0.25, -0.2) is 8.78 Å². The molecular weight excluding hydrogens is 604 g/mol. The minimum absolute atomic E-state index is 0.0379. The third kappa shape index (κ3) is 6.72.